The number of hydrogen-bond acceptors (Lipinski definition) is 4. The molecule has 10 aromatic carbocycles. The van der Waals surface area contributed by atoms with Crippen LogP contribution in [-0.4, -0.2) is 24.1 Å². The van der Waals surface area contributed by atoms with Crippen molar-refractivity contribution >= 4 is 65.6 Å². The Kier molecular flexibility index (Phi) is 8.79. The van der Waals surface area contributed by atoms with E-state index in [0.717, 1.165) is 94.1 Å². The Balaban J connectivity index is 0.980. The Morgan fingerprint density at radius 2 is 0.768 bits per heavy atom. The lowest BCUT2D eigenvalue weighted by molar-refractivity contribution is 0.670. The Morgan fingerprint density at radius 1 is 0.290 bits per heavy atom. The molecule has 0 saturated heterocycles. The van der Waals surface area contributed by atoms with Gasteiger partial charge in [-0.1, -0.05) is 170 Å². The fourth-order valence-corrected chi connectivity index (χ4v) is 10.5. The van der Waals surface area contributed by atoms with Crippen LogP contribution >= 0.6 is 0 Å². The first-order valence-corrected chi connectivity index (χ1v) is 23.3. The van der Waals surface area contributed by atoms with E-state index in [-0.39, 0.29) is 0 Å². The molecular weight excluding hydrogens is 843 g/mol. The Hall–Kier alpha value is -9.39. The van der Waals surface area contributed by atoms with Crippen molar-refractivity contribution in [2.24, 2.45) is 0 Å². The molecular formula is C63H39N5O. The number of aromatic nitrogens is 5. The van der Waals surface area contributed by atoms with E-state index in [1.54, 1.807) is 0 Å². The SMILES string of the molecule is c1ccc(-c2nc(-c3ccccc3)nc(-c3cccc4oc5c(-c6cccc7c6c6cc(-c8ccc9c(c8)c8ccccc8n9-c8ccccc8)ccc6n7-c6ccccc6)cccc5c34)n2)cc1. The third-order valence-electron chi connectivity index (χ3n) is 13.6. The third kappa shape index (κ3) is 6.23. The van der Waals surface area contributed by atoms with Crippen LogP contribution in [0.15, 0.2) is 241 Å². The van der Waals surface area contributed by atoms with E-state index in [2.05, 4.69) is 173 Å². The van der Waals surface area contributed by atoms with Gasteiger partial charge in [0.25, 0.3) is 0 Å². The first-order valence-electron chi connectivity index (χ1n) is 23.3. The largest absolute Gasteiger partial charge is 0.455 e. The van der Waals surface area contributed by atoms with E-state index in [1.165, 1.54) is 21.8 Å². The zero-order valence-electron chi connectivity index (χ0n) is 37.2. The standard InChI is InChI=1S/C63H39N5O/c1-5-18-40(19-6-1)61-64-62(41-20-7-2-8-21-41)66-63(65-61)50-30-17-33-57-59(50)49-29-15-28-48(60(49)69-57)47-27-16-32-56-58(47)52-39-43(35-37-55(52)68(56)45-24-11-4-12-25-45)42-34-36-54-51(38-42)46-26-13-14-31-53(46)67(54)44-22-9-3-10-23-44/h1-39H. The van der Waals surface area contributed by atoms with Crippen LogP contribution < -0.4 is 0 Å². The topological polar surface area (TPSA) is 61.7 Å². The smallest absolute Gasteiger partial charge is 0.164 e. The van der Waals surface area contributed by atoms with Gasteiger partial charge in [-0.2, -0.15) is 0 Å². The normalized spacial score (nSPS) is 11.8. The van der Waals surface area contributed by atoms with Gasteiger partial charge in [-0.3, -0.25) is 0 Å². The highest BCUT2D eigenvalue weighted by Crippen LogP contribution is 2.45. The van der Waals surface area contributed by atoms with Crippen LogP contribution in [-0.2, 0) is 0 Å². The van der Waals surface area contributed by atoms with Gasteiger partial charge in [-0.05, 0) is 83.4 Å². The van der Waals surface area contributed by atoms with E-state index < -0.39 is 0 Å². The van der Waals surface area contributed by atoms with Crippen molar-refractivity contribution in [1.29, 1.82) is 0 Å². The molecule has 4 heterocycles. The van der Waals surface area contributed by atoms with Gasteiger partial charge >= 0.3 is 0 Å². The van der Waals surface area contributed by atoms with Gasteiger partial charge in [0.1, 0.15) is 11.2 Å². The molecule has 0 aliphatic rings. The van der Waals surface area contributed by atoms with Crippen LogP contribution in [0.25, 0.3) is 133 Å². The predicted molar refractivity (Wildman–Crippen MR) is 283 cm³/mol. The van der Waals surface area contributed by atoms with Crippen LogP contribution in [0.4, 0.5) is 0 Å². The first kappa shape index (κ1) is 38.8. The van der Waals surface area contributed by atoms with E-state index in [4.69, 9.17) is 19.4 Å². The number of fused-ring (bicyclic) bond motifs is 9. The quantitative estimate of drug-likeness (QED) is 0.160. The average Bonchev–Trinajstić information content (AvgIpc) is 4.09. The van der Waals surface area contributed by atoms with Gasteiger partial charge in [0.15, 0.2) is 17.5 Å². The molecule has 6 heteroatoms. The third-order valence-corrected chi connectivity index (χ3v) is 13.6. The summed E-state index contributed by atoms with van der Waals surface area (Å²) < 4.78 is 11.8. The van der Waals surface area contributed by atoms with Gasteiger partial charge in [0.05, 0.1) is 22.1 Å². The molecule has 0 fully saturated rings. The number of rotatable bonds is 7. The van der Waals surface area contributed by atoms with Gasteiger partial charge in [-0.15, -0.1) is 0 Å². The summed E-state index contributed by atoms with van der Waals surface area (Å²) >= 11 is 0. The number of benzene rings is 10. The molecule has 0 aliphatic carbocycles. The van der Waals surface area contributed by atoms with Crippen molar-refractivity contribution in [3.05, 3.63) is 237 Å². The summed E-state index contributed by atoms with van der Waals surface area (Å²) in [6, 6.07) is 83.4. The maximum Gasteiger partial charge on any atom is 0.164 e. The molecule has 69 heavy (non-hydrogen) atoms. The monoisotopic (exact) mass is 881 g/mol. The Labute approximate surface area is 396 Å². The number of hydrogen-bond donors (Lipinski definition) is 0. The summed E-state index contributed by atoms with van der Waals surface area (Å²) in [6.45, 7) is 0. The molecule has 6 nitrogen and oxygen atoms in total. The van der Waals surface area contributed by atoms with Crippen molar-refractivity contribution in [2.75, 3.05) is 0 Å². The Morgan fingerprint density at radius 3 is 1.45 bits per heavy atom. The van der Waals surface area contributed by atoms with Crippen molar-refractivity contribution in [1.82, 2.24) is 24.1 Å². The van der Waals surface area contributed by atoms with Crippen LogP contribution in [0.1, 0.15) is 0 Å². The summed E-state index contributed by atoms with van der Waals surface area (Å²) in [5.41, 5.74) is 15.6. The highest BCUT2D eigenvalue weighted by Gasteiger charge is 2.23. The molecule has 0 spiro atoms. The summed E-state index contributed by atoms with van der Waals surface area (Å²) in [5.74, 6) is 1.82. The van der Waals surface area contributed by atoms with E-state index in [1.807, 2.05) is 72.8 Å². The van der Waals surface area contributed by atoms with Crippen LogP contribution in [0.5, 0.6) is 0 Å². The summed E-state index contributed by atoms with van der Waals surface area (Å²) in [4.78, 5) is 15.2. The van der Waals surface area contributed by atoms with E-state index in [9.17, 15) is 0 Å². The van der Waals surface area contributed by atoms with Crippen molar-refractivity contribution in [2.45, 2.75) is 0 Å². The molecule has 0 bridgehead atoms. The lowest BCUT2D eigenvalue weighted by Gasteiger charge is -2.09. The first-order chi connectivity index (χ1) is 34.2. The second kappa shape index (κ2) is 15.6. The fraction of sp³-hybridized carbons (Fsp3) is 0. The van der Waals surface area contributed by atoms with E-state index in [0.29, 0.717) is 17.5 Å². The van der Waals surface area contributed by atoms with Gasteiger partial charge in [0, 0.05) is 65.9 Å². The van der Waals surface area contributed by atoms with Crippen LogP contribution in [0, 0.1) is 0 Å². The van der Waals surface area contributed by atoms with Gasteiger partial charge < -0.3 is 13.6 Å². The van der Waals surface area contributed by atoms with Crippen LogP contribution in [0.3, 0.4) is 0 Å². The minimum atomic E-state index is 0.588. The summed E-state index contributed by atoms with van der Waals surface area (Å²) in [5, 5.41) is 6.73. The minimum Gasteiger partial charge on any atom is -0.455 e. The number of nitrogens with zero attached hydrogens (tertiary/aromatic N) is 5. The molecule has 4 aromatic heterocycles. The molecule has 322 valence electrons. The van der Waals surface area contributed by atoms with Crippen molar-refractivity contribution < 1.29 is 4.42 Å². The number of para-hydroxylation sites is 4. The second-order valence-corrected chi connectivity index (χ2v) is 17.5. The molecule has 0 aliphatic heterocycles. The maximum absolute atomic E-state index is 7.01. The molecule has 14 rings (SSSR count). The van der Waals surface area contributed by atoms with Crippen molar-refractivity contribution in [3.63, 3.8) is 0 Å². The average molecular weight is 882 g/mol. The van der Waals surface area contributed by atoms with E-state index >= 15 is 0 Å². The minimum absolute atomic E-state index is 0.588. The molecule has 0 atom stereocenters. The lowest BCUT2D eigenvalue weighted by Crippen LogP contribution is -2.00. The summed E-state index contributed by atoms with van der Waals surface area (Å²) in [7, 11) is 0. The van der Waals surface area contributed by atoms with Crippen molar-refractivity contribution in [3.8, 4) is 67.8 Å². The van der Waals surface area contributed by atoms with Gasteiger partial charge in [-0.25, -0.2) is 15.0 Å². The number of furan rings is 1. The summed E-state index contributed by atoms with van der Waals surface area (Å²) in [6.07, 6.45) is 0. The zero-order chi connectivity index (χ0) is 45.4. The predicted octanol–water partition coefficient (Wildman–Crippen LogP) is 16.3. The molecule has 0 unspecified atom stereocenters. The second-order valence-electron chi connectivity index (χ2n) is 17.5. The van der Waals surface area contributed by atoms with Gasteiger partial charge in [0.2, 0.25) is 0 Å². The zero-order valence-corrected chi connectivity index (χ0v) is 37.2. The Bertz CT molecular complexity index is 4230. The molecule has 0 saturated carbocycles. The maximum atomic E-state index is 7.01. The molecule has 14 aromatic rings. The lowest BCUT2D eigenvalue weighted by atomic mass is 9.95. The fourth-order valence-electron chi connectivity index (χ4n) is 10.5. The highest BCUT2D eigenvalue weighted by molar-refractivity contribution is 6.21. The molecule has 0 radical (unpaired) electrons. The molecule has 0 amide bonds. The highest BCUT2D eigenvalue weighted by atomic mass is 16.3. The van der Waals surface area contributed by atoms with Crippen LogP contribution in [0.2, 0.25) is 0 Å². The molecule has 0 N–H and O–H groups in total.